The van der Waals surface area contributed by atoms with E-state index in [2.05, 4.69) is 10.0 Å². The van der Waals surface area contributed by atoms with Crippen molar-refractivity contribution in [2.24, 2.45) is 0 Å². The van der Waals surface area contributed by atoms with E-state index in [9.17, 15) is 12.8 Å². The second-order valence-electron chi connectivity index (χ2n) is 4.11. The molecule has 5 nitrogen and oxygen atoms in total. The number of anilines is 1. The molecule has 19 heavy (non-hydrogen) atoms. The molecule has 0 aliphatic rings. The Balaban J connectivity index is 2.83. The third kappa shape index (κ3) is 4.36. The zero-order chi connectivity index (χ0) is 14.5. The highest BCUT2D eigenvalue weighted by atomic mass is 32.2. The SMILES string of the molecule is CCNCC(C)S(=O)(=O)Nc1ccc(F)c(OC)c1. The molecule has 0 radical (unpaired) electrons. The average Bonchev–Trinajstić information content (AvgIpc) is 2.37. The van der Waals surface area contributed by atoms with Crippen molar-refractivity contribution in [3.63, 3.8) is 0 Å². The molecule has 0 aromatic heterocycles. The van der Waals surface area contributed by atoms with Crippen LogP contribution in [-0.4, -0.2) is 33.9 Å². The number of methoxy groups -OCH3 is 1. The predicted molar refractivity (Wildman–Crippen MR) is 73.5 cm³/mol. The van der Waals surface area contributed by atoms with Gasteiger partial charge in [0.25, 0.3) is 0 Å². The van der Waals surface area contributed by atoms with Crippen LogP contribution in [0.5, 0.6) is 5.75 Å². The summed E-state index contributed by atoms with van der Waals surface area (Å²) in [6, 6.07) is 3.83. The molecule has 1 atom stereocenters. The maximum atomic E-state index is 13.2. The summed E-state index contributed by atoms with van der Waals surface area (Å²) >= 11 is 0. The lowest BCUT2D eigenvalue weighted by Crippen LogP contribution is -2.34. The molecule has 0 aliphatic heterocycles. The van der Waals surface area contributed by atoms with Crippen LogP contribution in [0, 0.1) is 5.82 Å². The lowest BCUT2D eigenvalue weighted by atomic mass is 10.3. The van der Waals surface area contributed by atoms with Gasteiger partial charge in [0.15, 0.2) is 11.6 Å². The first-order chi connectivity index (χ1) is 8.90. The highest BCUT2D eigenvalue weighted by Gasteiger charge is 2.20. The van der Waals surface area contributed by atoms with Gasteiger partial charge in [-0.15, -0.1) is 0 Å². The maximum absolute atomic E-state index is 13.2. The predicted octanol–water partition coefficient (Wildman–Crippen LogP) is 1.57. The first kappa shape index (κ1) is 15.7. The van der Waals surface area contributed by atoms with Gasteiger partial charge in [-0.2, -0.15) is 0 Å². The van der Waals surface area contributed by atoms with Crippen molar-refractivity contribution in [1.82, 2.24) is 5.32 Å². The molecule has 0 heterocycles. The fourth-order valence-electron chi connectivity index (χ4n) is 1.45. The summed E-state index contributed by atoms with van der Waals surface area (Å²) in [7, 11) is -2.19. The van der Waals surface area contributed by atoms with Crippen molar-refractivity contribution in [3.8, 4) is 5.75 Å². The van der Waals surface area contributed by atoms with E-state index in [1.165, 1.54) is 19.2 Å². The van der Waals surface area contributed by atoms with Gasteiger partial charge in [-0.25, -0.2) is 12.8 Å². The number of nitrogens with one attached hydrogen (secondary N) is 2. The van der Waals surface area contributed by atoms with Crippen LogP contribution in [0.2, 0.25) is 0 Å². The van der Waals surface area contributed by atoms with E-state index >= 15 is 0 Å². The molecule has 0 saturated heterocycles. The Morgan fingerprint density at radius 1 is 1.42 bits per heavy atom. The van der Waals surface area contributed by atoms with Crippen LogP contribution >= 0.6 is 0 Å². The van der Waals surface area contributed by atoms with Crippen LogP contribution in [0.15, 0.2) is 18.2 Å². The smallest absolute Gasteiger partial charge is 0.236 e. The molecule has 0 saturated carbocycles. The van der Waals surface area contributed by atoms with Gasteiger partial charge < -0.3 is 10.1 Å². The largest absolute Gasteiger partial charge is 0.494 e. The Labute approximate surface area is 113 Å². The first-order valence-corrected chi connectivity index (χ1v) is 7.51. The molecule has 0 bridgehead atoms. The fraction of sp³-hybridized carbons (Fsp3) is 0.500. The van der Waals surface area contributed by atoms with Crippen molar-refractivity contribution >= 4 is 15.7 Å². The second kappa shape index (κ2) is 6.72. The Kier molecular flexibility index (Phi) is 5.56. The molecule has 1 rings (SSSR count). The molecule has 0 spiro atoms. The lowest BCUT2D eigenvalue weighted by molar-refractivity contribution is 0.387. The molecular formula is C12H19FN2O3S. The standard InChI is InChI=1S/C12H19FN2O3S/c1-4-14-8-9(2)19(16,17)15-10-5-6-11(13)12(7-10)18-3/h5-7,9,14-15H,4,8H2,1-3H3. The lowest BCUT2D eigenvalue weighted by Gasteiger charge is -2.15. The summed E-state index contributed by atoms with van der Waals surface area (Å²) in [6.45, 7) is 4.55. The van der Waals surface area contributed by atoms with Gasteiger partial charge in [0.05, 0.1) is 18.0 Å². The Bertz CT molecular complexity index is 520. The van der Waals surface area contributed by atoms with E-state index in [1.54, 1.807) is 6.92 Å². The van der Waals surface area contributed by atoms with Gasteiger partial charge in [-0.3, -0.25) is 4.72 Å². The zero-order valence-corrected chi connectivity index (χ0v) is 12.1. The highest BCUT2D eigenvalue weighted by molar-refractivity contribution is 7.93. The summed E-state index contributed by atoms with van der Waals surface area (Å²) in [5.41, 5.74) is 0.279. The van der Waals surface area contributed by atoms with Crippen molar-refractivity contribution in [1.29, 1.82) is 0 Å². The fourth-order valence-corrected chi connectivity index (χ4v) is 2.44. The molecule has 0 fully saturated rings. The average molecular weight is 290 g/mol. The minimum absolute atomic E-state index is 0.000429. The summed E-state index contributed by atoms with van der Waals surface area (Å²) in [5.74, 6) is -0.536. The maximum Gasteiger partial charge on any atom is 0.236 e. The minimum atomic E-state index is -3.51. The third-order valence-electron chi connectivity index (χ3n) is 2.62. The van der Waals surface area contributed by atoms with Gasteiger partial charge in [0.1, 0.15) is 0 Å². The summed E-state index contributed by atoms with van der Waals surface area (Å²) in [6.07, 6.45) is 0. The molecule has 1 aromatic rings. The number of sulfonamides is 1. The molecule has 1 unspecified atom stereocenters. The number of hydrogen-bond donors (Lipinski definition) is 2. The number of benzene rings is 1. The summed E-state index contributed by atoms with van der Waals surface area (Å²) < 4.78 is 44.4. The Hall–Kier alpha value is -1.34. The van der Waals surface area contributed by atoms with Crippen LogP contribution < -0.4 is 14.8 Å². The number of ether oxygens (including phenoxy) is 1. The molecule has 2 N–H and O–H groups in total. The molecular weight excluding hydrogens is 271 g/mol. The summed E-state index contributed by atoms with van der Waals surface area (Å²) in [5, 5.41) is 2.37. The number of rotatable bonds is 7. The van der Waals surface area contributed by atoms with Gasteiger partial charge >= 0.3 is 0 Å². The van der Waals surface area contributed by atoms with Gasteiger partial charge in [0, 0.05) is 12.6 Å². The van der Waals surface area contributed by atoms with Gasteiger partial charge in [-0.1, -0.05) is 6.92 Å². The van der Waals surface area contributed by atoms with Crippen molar-refractivity contribution in [2.45, 2.75) is 19.1 Å². The third-order valence-corrected chi connectivity index (χ3v) is 4.37. The van der Waals surface area contributed by atoms with Crippen molar-refractivity contribution in [3.05, 3.63) is 24.0 Å². The van der Waals surface area contributed by atoms with Crippen molar-refractivity contribution < 1.29 is 17.5 Å². The van der Waals surface area contributed by atoms with E-state index in [0.717, 1.165) is 6.07 Å². The van der Waals surface area contributed by atoms with Crippen LogP contribution in [0.25, 0.3) is 0 Å². The van der Waals surface area contributed by atoms with E-state index in [1.807, 2.05) is 6.92 Å². The van der Waals surface area contributed by atoms with E-state index in [0.29, 0.717) is 13.1 Å². The monoisotopic (exact) mass is 290 g/mol. The Morgan fingerprint density at radius 2 is 2.11 bits per heavy atom. The number of halogens is 1. The van der Waals surface area contributed by atoms with Crippen LogP contribution in [0.1, 0.15) is 13.8 Å². The molecule has 7 heteroatoms. The zero-order valence-electron chi connectivity index (χ0n) is 11.2. The summed E-state index contributed by atoms with van der Waals surface area (Å²) in [4.78, 5) is 0. The topological polar surface area (TPSA) is 67.4 Å². The van der Waals surface area contributed by atoms with Gasteiger partial charge in [0.2, 0.25) is 10.0 Å². The van der Waals surface area contributed by atoms with E-state index in [-0.39, 0.29) is 11.4 Å². The number of hydrogen-bond acceptors (Lipinski definition) is 4. The molecule has 1 aromatic carbocycles. The Morgan fingerprint density at radius 3 is 2.68 bits per heavy atom. The molecule has 0 amide bonds. The first-order valence-electron chi connectivity index (χ1n) is 5.96. The van der Waals surface area contributed by atoms with Crippen molar-refractivity contribution in [2.75, 3.05) is 24.9 Å². The van der Waals surface area contributed by atoms with Crippen LogP contribution in [0.4, 0.5) is 10.1 Å². The highest BCUT2D eigenvalue weighted by Crippen LogP contribution is 2.22. The van der Waals surface area contributed by atoms with E-state index in [4.69, 9.17) is 4.74 Å². The second-order valence-corrected chi connectivity index (χ2v) is 6.21. The van der Waals surface area contributed by atoms with E-state index < -0.39 is 21.1 Å². The van der Waals surface area contributed by atoms with Crippen LogP contribution in [-0.2, 0) is 10.0 Å². The molecule has 108 valence electrons. The van der Waals surface area contributed by atoms with Crippen LogP contribution in [0.3, 0.4) is 0 Å². The minimum Gasteiger partial charge on any atom is -0.494 e. The normalized spacial score (nSPS) is 13.1. The molecule has 0 aliphatic carbocycles. The quantitative estimate of drug-likeness (QED) is 0.800. The van der Waals surface area contributed by atoms with Gasteiger partial charge in [-0.05, 0) is 25.6 Å².